The Balaban J connectivity index is 1.80. The van der Waals surface area contributed by atoms with Crippen LogP contribution in [0.4, 0.5) is 11.4 Å². The van der Waals surface area contributed by atoms with E-state index in [0.29, 0.717) is 5.69 Å². The number of benzene rings is 3. The molecule has 3 N–H and O–H groups in total. The van der Waals surface area contributed by atoms with Crippen LogP contribution in [-0.4, -0.2) is 24.2 Å². The second-order valence-electron chi connectivity index (χ2n) is 6.36. The van der Waals surface area contributed by atoms with E-state index >= 15 is 0 Å². The van der Waals surface area contributed by atoms with Crippen molar-refractivity contribution >= 4 is 32.4 Å². The summed E-state index contributed by atoms with van der Waals surface area (Å²) in [4.78, 5) is 4.45. The first-order chi connectivity index (χ1) is 12.9. The number of anilines is 2. The molecule has 1 aromatic heterocycles. The van der Waals surface area contributed by atoms with Gasteiger partial charge in [-0.15, -0.1) is 0 Å². The summed E-state index contributed by atoms with van der Waals surface area (Å²) < 4.78 is 27.4. The molecule has 1 heterocycles. The summed E-state index contributed by atoms with van der Waals surface area (Å²) in [5, 5.41) is 0. The van der Waals surface area contributed by atoms with Gasteiger partial charge in [0, 0.05) is 11.4 Å². The maximum atomic E-state index is 11.5. The number of imidazole rings is 1. The van der Waals surface area contributed by atoms with Gasteiger partial charge in [-0.25, -0.2) is 13.4 Å². The zero-order chi connectivity index (χ0) is 19.0. The molecule has 0 unspecified atom stereocenters. The highest BCUT2D eigenvalue weighted by Gasteiger charge is 2.09. The number of nitrogen functional groups attached to an aromatic ring is 1. The van der Waals surface area contributed by atoms with Crippen molar-refractivity contribution in [3.63, 3.8) is 0 Å². The molecule has 0 aliphatic rings. The molecule has 0 aliphatic heterocycles. The topological polar surface area (TPSA) is 90.0 Å². The average Bonchev–Trinajstić information content (AvgIpc) is 3.04. The normalized spacial score (nSPS) is 11.6. The van der Waals surface area contributed by atoms with Crippen molar-refractivity contribution in [2.24, 2.45) is 0 Å². The Morgan fingerprint density at radius 3 is 2.44 bits per heavy atom. The van der Waals surface area contributed by atoms with E-state index in [9.17, 15) is 8.42 Å². The highest BCUT2D eigenvalue weighted by molar-refractivity contribution is 7.92. The first-order valence-electron chi connectivity index (χ1n) is 8.30. The standard InChI is InChI=1S/C20H18N4O2S/c1-27(25,26)23-17-3-2-4-18(12-17)24-13-22-19-10-7-15(11-20(19)24)14-5-8-16(21)9-6-14/h2-13,23H,21H2,1H3. The molecule has 0 radical (unpaired) electrons. The molecular weight excluding hydrogens is 360 g/mol. The van der Waals surface area contributed by atoms with Gasteiger partial charge in [-0.3, -0.25) is 9.29 Å². The Labute approximate surface area is 157 Å². The van der Waals surface area contributed by atoms with E-state index in [2.05, 4.69) is 15.8 Å². The smallest absolute Gasteiger partial charge is 0.229 e. The van der Waals surface area contributed by atoms with Gasteiger partial charge in [0.2, 0.25) is 10.0 Å². The SMILES string of the molecule is CS(=O)(=O)Nc1cccc(-n2cnc3ccc(-c4ccc(N)cc4)cc32)c1. The zero-order valence-corrected chi connectivity index (χ0v) is 15.4. The Hall–Kier alpha value is -3.32. The summed E-state index contributed by atoms with van der Waals surface area (Å²) in [6, 6.07) is 21.0. The molecule has 0 aliphatic carbocycles. The fourth-order valence-electron chi connectivity index (χ4n) is 3.00. The molecule has 4 rings (SSSR count). The Bertz CT molecular complexity index is 1230. The molecule has 6 nitrogen and oxygen atoms in total. The predicted molar refractivity (Wildman–Crippen MR) is 109 cm³/mol. The van der Waals surface area contributed by atoms with Crippen LogP contribution in [0.2, 0.25) is 0 Å². The van der Waals surface area contributed by atoms with Gasteiger partial charge in [-0.05, 0) is 53.6 Å². The molecule has 0 saturated carbocycles. The van der Waals surface area contributed by atoms with Gasteiger partial charge >= 0.3 is 0 Å². The van der Waals surface area contributed by atoms with Crippen molar-refractivity contribution in [2.75, 3.05) is 16.7 Å². The van der Waals surface area contributed by atoms with Crippen LogP contribution in [0.25, 0.3) is 27.8 Å². The summed E-state index contributed by atoms with van der Waals surface area (Å²) in [5.41, 5.74) is 11.7. The predicted octanol–water partition coefficient (Wildman–Crippen LogP) is 3.65. The van der Waals surface area contributed by atoms with Crippen molar-refractivity contribution < 1.29 is 8.42 Å². The van der Waals surface area contributed by atoms with Gasteiger partial charge in [0.15, 0.2) is 0 Å². The van der Waals surface area contributed by atoms with E-state index < -0.39 is 10.0 Å². The van der Waals surface area contributed by atoms with E-state index in [1.807, 2.05) is 47.0 Å². The van der Waals surface area contributed by atoms with Crippen LogP contribution in [0.1, 0.15) is 0 Å². The summed E-state index contributed by atoms with van der Waals surface area (Å²) >= 11 is 0. The largest absolute Gasteiger partial charge is 0.399 e. The van der Waals surface area contributed by atoms with Gasteiger partial charge in [0.05, 0.1) is 23.0 Å². The van der Waals surface area contributed by atoms with E-state index in [1.54, 1.807) is 24.5 Å². The molecule has 4 aromatic rings. The second-order valence-corrected chi connectivity index (χ2v) is 8.11. The lowest BCUT2D eigenvalue weighted by Gasteiger charge is -2.09. The van der Waals surface area contributed by atoms with Gasteiger partial charge in [-0.2, -0.15) is 0 Å². The molecule has 0 fully saturated rings. The number of nitrogens with two attached hydrogens (primary N) is 1. The third-order valence-corrected chi connectivity index (χ3v) is 4.83. The van der Waals surface area contributed by atoms with Crippen molar-refractivity contribution in [3.8, 4) is 16.8 Å². The Morgan fingerprint density at radius 2 is 1.70 bits per heavy atom. The van der Waals surface area contributed by atoms with Crippen molar-refractivity contribution in [1.82, 2.24) is 9.55 Å². The number of hydrogen-bond donors (Lipinski definition) is 2. The van der Waals surface area contributed by atoms with Crippen LogP contribution in [-0.2, 0) is 10.0 Å². The molecule has 0 amide bonds. The molecular formula is C20H18N4O2S. The number of aromatic nitrogens is 2. The average molecular weight is 378 g/mol. The molecule has 27 heavy (non-hydrogen) atoms. The molecule has 136 valence electrons. The first kappa shape index (κ1) is 17.1. The minimum Gasteiger partial charge on any atom is -0.399 e. The number of rotatable bonds is 4. The Kier molecular flexibility index (Phi) is 4.08. The maximum Gasteiger partial charge on any atom is 0.229 e. The Morgan fingerprint density at radius 1 is 0.963 bits per heavy atom. The minimum absolute atomic E-state index is 0.506. The third kappa shape index (κ3) is 3.63. The quantitative estimate of drug-likeness (QED) is 0.531. The third-order valence-electron chi connectivity index (χ3n) is 4.22. The van der Waals surface area contributed by atoms with Crippen LogP contribution < -0.4 is 10.5 Å². The first-order valence-corrected chi connectivity index (χ1v) is 10.2. The number of sulfonamides is 1. The number of hydrogen-bond acceptors (Lipinski definition) is 4. The summed E-state index contributed by atoms with van der Waals surface area (Å²) in [6.45, 7) is 0. The van der Waals surface area contributed by atoms with Crippen molar-refractivity contribution in [3.05, 3.63) is 73.1 Å². The second kappa shape index (κ2) is 6.44. The number of nitrogens with zero attached hydrogens (tertiary/aromatic N) is 2. The fourth-order valence-corrected chi connectivity index (χ4v) is 3.56. The summed E-state index contributed by atoms with van der Waals surface area (Å²) in [6.07, 6.45) is 2.86. The molecule has 0 spiro atoms. The van der Waals surface area contributed by atoms with E-state index in [4.69, 9.17) is 5.73 Å². The van der Waals surface area contributed by atoms with Gasteiger partial charge in [-0.1, -0.05) is 24.3 Å². The molecule has 0 atom stereocenters. The zero-order valence-electron chi connectivity index (χ0n) is 14.6. The molecule has 7 heteroatoms. The van der Waals surface area contributed by atoms with Gasteiger partial charge in [0.1, 0.15) is 6.33 Å². The van der Waals surface area contributed by atoms with Crippen LogP contribution in [0, 0.1) is 0 Å². The molecule has 0 bridgehead atoms. The number of nitrogens with one attached hydrogen (secondary N) is 1. The summed E-state index contributed by atoms with van der Waals surface area (Å²) in [5.74, 6) is 0. The van der Waals surface area contributed by atoms with E-state index in [-0.39, 0.29) is 0 Å². The van der Waals surface area contributed by atoms with Crippen LogP contribution in [0.3, 0.4) is 0 Å². The summed E-state index contributed by atoms with van der Waals surface area (Å²) in [7, 11) is -3.34. The van der Waals surface area contributed by atoms with E-state index in [1.165, 1.54) is 0 Å². The highest BCUT2D eigenvalue weighted by atomic mass is 32.2. The number of fused-ring (bicyclic) bond motifs is 1. The van der Waals surface area contributed by atoms with Gasteiger partial charge in [0.25, 0.3) is 0 Å². The monoisotopic (exact) mass is 378 g/mol. The van der Waals surface area contributed by atoms with Crippen LogP contribution in [0.5, 0.6) is 0 Å². The molecule has 0 saturated heterocycles. The van der Waals surface area contributed by atoms with Crippen molar-refractivity contribution in [1.29, 1.82) is 0 Å². The lowest BCUT2D eigenvalue weighted by Crippen LogP contribution is -2.09. The highest BCUT2D eigenvalue weighted by Crippen LogP contribution is 2.27. The lowest BCUT2D eigenvalue weighted by molar-refractivity contribution is 0.607. The maximum absolute atomic E-state index is 11.5. The minimum atomic E-state index is -3.34. The van der Waals surface area contributed by atoms with Crippen molar-refractivity contribution in [2.45, 2.75) is 0 Å². The van der Waals surface area contributed by atoms with Gasteiger partial charge < -0.3 is 5.73 Å². The fraction of sp³-hybridized carbons (Fsp3) is 0.0500. The van der Waals surface area contributed by atoms with Crippen LogP contribution in [0.15, 0.2) is 73.1 Å². The lowest BCUT2D eigenvalue weighted by atomic mass is 10.0. The van der Waals surface area contributed by atoms with E-state index in [0.717, 1.165) is 39.8 Å². The van der Waals surface area contributed by atoms with Crippen LogP contribution >= 0.6 is 0 Å². The molecule has 3 aromatic carbocycles.